The first-order chi connectivity index (χ1) is 11.2. The maximum Gasteiger partial charge on any atom is 0.319 e. The Balaban J connectivity index is 1.62. The van der Waals surface area contributed by atoms with Crippen LogP contribution >= 0.6 is 0 Å². The molecule has 3 aromatic rings. The molecule has 7 heteroatoms. The van der Waals surface area contributed by atoms with E-state index in [1.807, 2.05) is 19.2 Å². The molecule has 0 spiro atoms. The Bertz CT molecular complexity index is 799. The van der Waals surface area contributed by atoms with E-state index in [0.717, 1.165) is 16.8 Å². The van der Waals surface area contributed by atoms with Crippen molar-refractivity contribution in [1.29, 1.82) is 0 Å². The fraction of sp³-hybridized carbons (Fsp3) is 0.125. The number of urea groups is 1. The molecule has 0 saturated carbocycles. The lowest BCUT2D eigenvalue weighted by atomic mass is 10.1. The van der Waals surface area contributed by atoms with Gasteiger partial charge in [-0.25, -0.2) is 4.79 Å². The van der Waals surface area contributed by atoms with E-state index in [-0.39, 0.29) is 6.03 Å². The summed E-state index contributed by atoms with van der Waals surface area (Å²) in [6, 6.07) is 7.15. The minimum atomic E-state index is -0.288. The number of nitrogens with zero attached hydrogens (tertiary/aromatic N) is 4. The van der Waals surface area contributed by atoms with Crippen molar-refractivity contribution in [2.24, 2.45) is 7.05 Å². The van der Waals surface area contributed by atoms with E-state index < -0.39 is 0 Å². The van der Waals surface area contributed by atoms with Gasteiger partial charge in [-0.15, -0.1) is 0 Å². The van der Waals surface area contributed by atoms with Crippen LogP contribution in [0.15, 0.2) is 55.2 Å². The minimum absolute atomic E-state index is 0.288. The van der Waals surface area contributed by atoms with Crippen LogP contribution in [0.4, 0.5) is 10.5 Å². The van der Waals surface area contributed by atoms with Crippen LogP contribution in [0.3, 0.4) is 0 Å². The number of rotatable bonds is 4. The van der Waals surface area contributed by atoms with Crippen LogP contribution in [0.1, 0.15) is 5.56 Å². The van der Waals surface area contributed by atoms with Gasteiger partial charge in [-0.2, -0.15) is 5.10 Å². The quantitative estimate of drug-likeness (QED) is 0.774. The Morgan fingerprint density at radius 1 is 1.17 bits per heavy atom. The van der Waals surface area contributed by atoms with E-state index in [2.05, 4.69) is 25.7 Å². The maximum absolute atomic E-state index is 11.9. The van der Waals surface area contributed by atoms with Gasteiger partial charge in [-0.1, -0.05) is 0 Å². The Morgan fingerprint density at radius 2 is 2.09 bits per heavy atom. The molecule has 0 aromatic carbocycles. The van der Waals surface area contributed by atoms with Gasteiger partial charge in [0.15, 0.2) is 0 Å². The van der Waals surface area contributed by atoms with E-state index in [0.29, 0.717) is 12.2 Å². The topological polar surface area (TPSA) is 84.7 Å². The zero-order chi connectivity index (χ0) is 16.1. The van der Waals surface area contributed by atoms with Crippen molar-refractivity contribution in [2.45, 2.75) is 6.54 Å². The Hall–Kier alpha value is -3.22. The summed E-state index contributed by atoms with van der Waals surface area (Å²) in [5, 5.41) is 9.66. The van der Waals surface area contributed by atoms with Crippen LogP contribution in [0.2, 0.25) is 0 Å². The lowest BCUT2D eigenvalue weighted by Crippen LogP contribution is -2.28. The van der Waals surface area contributed by atoms with Gasteiger partial charge < -0.3 is 10.6 Å². The summed E-state index contributed by atoms with van der Waals surface area (Å²) in [6.07, 6.45) is 8.48. The minimum Gasteiger partial charge on any atom is -0.334 e. The Morgan fingerprint density at radius 3 is 2.83 bits per heavy atom. The highest BCUT2D eigenvalue weighted by Gasteiger charge is 2.06. The standard InChI is InChI=1S/C16H16N6O/c1-22-15(4-6-20-22)13-7-12(8-18-10-13)9-19-16(23)21-14-3-2-5-17-11-14/h2-8,10-11H,9H2,1H3,(H2,19,21,23). The molecule has 0 fully saturated rings. The average molecular weight is 308 g/mol. The Labute approximate surface area is 133 Å². The van der Waals surface area contributed by atoms with Gasteiger partial charge in [0.2, 0.25) is 0 Å². The number of anilines is 1. The number of aryl methyl sites for hydroxylation is 1. The predicted molar refractivity (Wildman–Crippen MR) is 86.5 cm³/mol. The fourth-order valence-electron chi connectivity index (χ4n) is 2.18. The number of carbonyl (C=O) groups is 1. The first-order valence-corrected chi connectivity index (χ1v) is 7.09. The molecule has 0 radical (unpaired) electrons. The van der Waals surface area contributed by atoms with E-state index >= 15 is 0 Å². The zero-order valence-corrected chi connectivity index (χ0v) is 12.6. The number of hydrogen-bond donors (Lipinski definition) is 2. The van der Waals surface area contributed by atoms with Crippen LogP contribution in [0.25, 0.3) is 11.3 Å². The molecule has 23 heavy (non-hydrogen) atoms. The van der Waals surface area contributed by atoms with Gasteiger partial charge >= 0.3 is 6.03 Å². The molecule has 0 bridgehead atoms. The second-order valence-electron chi connectivity index (χ2n) is 4.97. The number of amides is 2. The maximum atomic E-state index is 11.9. The second-order valence-corrected chi connectivity index (χ2v) is 4.97. The van der Waals surface area contributed by atoms with Gasteiger partial charge in [0.05, 0.1) is 17.6 Å². The molecule has 0 saturated heterocycles. The summed E-state index contributed by atoms with van der Waals surface area (Å²) in [6.45, 7) is 0.380. The number of pyridine rings is 2. The molecular formula is C16H16N6O. The molecule has 0 aliphatic rings. The van der Waals surface area contributed by atoms with Crippen LogP contribution in [-0.4, -0.2) is 25.8 Å². The summed E-state index contributed by atoms with van der Waals surface area (Å²) in [4.78, 5) is 20.0. The summed E-state index contributed by atoms with van der Waals surface area (Å²) < 4.78 is 1.78. The smallest absolute Gasteiger partial charge is 0.319 e. The van der Waals surface area contributed by atoms with Gasteiger partial charge in [0.1, 0.15) is 0 Å². The fourth-order valence-corrected chi connectivity index (χ4v) is 2.18. The van der Waals surface area contributed by atoms with E-state index in [4.69, 9.17) is 0 Å². The molecule has 0 unspecified atom stereocenters. The molecule has 0 aliphatic heterocycles. The number of hydrogen-bond acceptors (Lipinski definition) is 4. The monoisotopic (exact) mass is 308 g/mol. The number of aromatic nitrogens is 4. The molecule has 116 valence electrons. The largest absolute Gasteiger partial charge is 0.334 e. The van der Waals surface area contributed by atoms with Crippen LogP contribution < -0.4 is 10.6 Å². The van der Waals surface area contributed by atoms with Crippen LogP contribution in [-0.2, 0) is 13.6 Å². The summed E-state index contributed by atoms with van der Waals surface area (Å²) in [7, 11) is 1.88. The lowest BCUT2D eigenvalue weighted by Gasteiger charge is -2.08. The molecule has 2 amide bonds. The molecule has 0 atom stereocenters. The van der Waals surface area contributed by atoms with Gasteiger partial charge in [-0.3, -0.25) is 14.6 Å². The molecule has 7 nitrogen and oxygen atoms in total. The molecular weight excluding hydrogens is 292 g/mol. The third kappa shape index (κ3) is 3.70. The van der Waals surface area contributed by atoms with E-state index in [9.17, 15) is 4.79 Å². The predicted octanol–water partition coefficient (Wildman–Crippen LogP) is 2.20. The third-order valence-corrected chi connectivity index (χ3v) is 3.28. The van der Waals surface area contributed by atoms with Crippen molar-refractivity contribution >= 4 is 11.7 Å². The van der Waals surface area contributed by atoms with Crippen molar-refractivity contribution in [3.05, 3.63) is 60.8 Å². The van der Waals surface area contributed by atoms with E-state index in [1.165, 1.54) is 0 Å². The van der Waals surface area contributed by atoms with Crippen molar-refractivity contribution in [3.63, 3.8) is 0 Å². The highest BCUT2D eigenvalue weighted by Crippen LogP contribution is 2.18. The van der Waals surface area contributed by atoms with Gasteiger partial charge in [0.25, 0.3) is 0 Å². The first kappa shape index (κ1) is 14.7. The summed E-state index contributed by atoms with van der Waals surface area (Å²) in [5.74, 6) is 0. The molecule has 2 N–H and O–H groups in total. The normalized spacial score (nSPS) is 10.3. The SMILES string of the molecule is Cn1nccc1-c1cncc(CNC(=O)Nc2cccnc2)c1. The molecule has 3 rings (SSSR count). The lowest BCUT2D eigenvalue weighted by molar-refractivity contribution is 0.251. The van der Waals surface area contributed by atoms with Gasteiger partial charge in [-0.05, 0) is 29.8 Å². The first-order valence-electron chi connectivity index (χ1n) is 7.09. The zero-order valence-electron chi connectivity index (χ0n) is 12.6. The van der Waals surface area contributed by atoms with Crippen LogP contribution in [0, 0.1) is 0 Å². The Kier molecular flexibility index (Phi) is 4.28. The van der Waals surface area contributed by atoms with Crippen molar-refractivity contribution in [1.82, 2.24) is 25.1 Å². The summed E-state index contributed by atoms with van der Waals surface area (Å²) >= 11 is 0. The van der Waals surface area contributed by atoms with Crippen molar-refractivity contribution in [3.8, 4) is 11.3 Å². The highest BCUT2D eigenvalue weighted by atomic mass is 16.2. The van der Waals surface area contributed by atoms with E-state index in [1.54, 1.807) is 47.8 Å². The highest BCUT2D eigenvalue weighted by molar-refractivity contribution is 5.88. The van der Waals surface area contributed by atoms with Gasteiger partial charge in [0, 0.05) is 43.9 Å². The molecule has 3 aromatic heterocycles. The number of nitrogens with one attached hydrogen (secondary N) is 2. The molecule has 3 heterocycles. The average Bonchev–Trinajstić information content (AvgIpc) is 3.00. The third-order valence-electron chi connectivity index (χ3n) is 3.28. The number of carbonyl (C=O) groups excluding carboxylic acids is 1. The van der Waals surface area contributed by atoms with Crippen molar-refractivity contribution in [2.75, 3.05) is 5.32 Å². The second kappa shape index (κ2) is 6.69. The molecule has 0 aliphatic carbocycles. The van der Waals surface area contributed by atoms with Crippen LogP contribution in [0.5, 0.6) is 0 Å². The van der Waals surface area contributed by atoms with Crippen molar-refractivity contribution < 1.29 is 4.79 Å². The summed E-state index contributed by atoms with van der Waals surface area (Å²) in [5.41, 5.74) is 3.48.